The second-order valence-corrected chi connectivity index (χ2v) is 7.96. The smallest absolute Gasteiger partial charge is 0.303 e. The van der Waals surface area contributed by atoms with Crippen LogP contribution in [0.1, 0.15) is 15.9 Å². The highest BCUT2D eigenvalue weighted by atomic mass is 32.2. The third kappa shape index (κ3) is 4.39. The minimum Gasteiger partial charge on any atom is -0.322 e. The molecule has 0 saturated heterocycles. The van der Waals surface area contributed by atoms with Gasteiger partial charge >= 0.3 is 10.2 Å². The van der Waals surface area contributed by atoms with E-state index in [4.69, 9.17) is 5.26 Å². The zero-order chi connectivity index (χ0) is 19.3. The number of nitrogens with one attached hydrogen (secondary N) is 1. The van der Waals surface area contributed by atoms with Gasteiger partial charge in [0.2, 0.25) is 0 Å². The average molecular weight is 372 g/mol. The number of anilines is 2. The second kappa shape index (κ2) is 7.99. The molecule has 26 heavy (non-hydrogen) atoms. The number of nitrogens with zero attached hydrogens (tertiary/aromatic N) is 3. The summed E-state index contributed by atoms with van der Waals surface area (Å²) in [6.45, 7) is 0. The molecule has 2 rings (SSSR count). The van der Waals surface area contributed by atoms with Gasteiger partial charge in [0, 0.05) is 32.4 Å². The van der Waals surface area contributed by atoms with Crippen LogP contribution in [0.3, 0.4) is 0 Å². The third-order valence-electron chi connectivity index (χ3n) is 3.80. The largest absolute Gasteiger partial charge is 0.322 e. The minimum absolute atomic E-state index is 0.303. The molecular weight excluding hydrogens is 352 g/mol. The molecule has 136 valence electrons. The van der Waals surface area contributed by atoms with E-state index in [1.165, 1.54) is 21.1 Å². The van der Waals surface area contributed by atoms with Gasteiger partial charge in [-0.1, -0.05) is 12.1 Å². The van der Waals surface area contributed by atoms with Crippen molar-refractivity contribution in [2.45, 2.75) is 6.42 Å². The van der Waals surface area contributed by atoms with Crippen molar-refractivity contribution in [3.63, 3.8) is 0 Å². The van der Waals surface area contributed by atoms with Crippen LogP contribution in [-0.2, 0) is 16.6 Å². The van der Waals surface area contributed by atoms with Crippen LogP contribution in [-0.4, -0.2) is 39.8 Å². The van der Waals surface area contributed by atoms with Gasteiger partial charge in [-0.15, -0.1) is 0 Å². The lowest BCUT2D eigenvalue weighted by atomic mass is 10.1. The molecule has 0 aromatic heterocycles. The van der Waals surface area contributed by atoms with Gasteiger partial charge in [-0.3, -0.25) is 9.10 Å². The van der Waals surface area contributed by atoms with Crippen molar-refractivity contribution in [3.8, 4) is 6.07 Å². The average Bonchev–Trinajstić information content (AvgIpc) is 2.63. The summed E-state index contributed by atoms with van der Waals surface area (Å²) in [7, 11) is 0.782. The zero-order valence-electron chi connectivity index (χ0n) is 14.8. The molecular formula is C18H20N4O3S. The first kappa shape index (κ1) is 19.4. The fourth-order valence-corrected chi connectivity index (χ4v) is 3.08. The van der Waals surface area contributed by atoms with E-state index in [1.54, 1.807) is 48.5 Å². The molecule has 0 atom stereocenters. The first-order valence-electron chi connectivity index (χ1n) is 7.79. The van der Waals surface area contributed by atoms with Crippen LogP contribution in [0.15, 0.2) is 48.5 Å². The third-order valence-corrected chi connectivity index (χ3v) is 5.62. The molecule has 0 bridgehead atoms. The number of nitriles is 1. The predicted octanol–water partition coefficient (Wildman–Crippen LogP) is 2.25. The first-order valence-corrected chi connectivity index (χ1v) is 9.19. The molecule has 0 unspecified atom stereocenters. The summed E-state index contributed by atoms with van der Waals surface area (Å²) in [5.41, 5.74) is 2.36. The summed E-state index contributed by atoms with van der Waals surface area (Å²) < 4.78 is 26.5. The van der Waals surface area contributed by atoms with Crippen LogP contribution < -0.4 is 9.62 Å². The van der Waals surface area contributed by atoms with Gasteiger partial charge in [-0.25, -0.2) is 0 Å². The fourth-order valence-electron chi connectivity index (χ4n) is 2.20. The molecule has 1 amide bonds. The van der Waals surface area contributed by atoms with Crippen molar-refractivity contribution in [2.24, 2.45) is 0 Å². The lowest BCUT2D eigenvalue weighted by molar-refractivity contribution is 0.102. The van der Waals surface area contributed by atoms with E-state index in [9.17, 15) is 13.2 Å². The Labute approximate surface area is 153 Å². The van der Waals surface area contributed by atoms with E-state index >= 15 is 0 Å². The maximum atomic E-state index is 12.3. The standard InChI is InChI=1S/C18H20N4O3S/c1-21(2)26(24,25)22(3)17-10-6-15(7-11-17)18(23)20-16-8-4-14(5-9-16)12-13-19/h4-11H,12H2,1-3H3,(H,20,23). The Morgan fingerprint density at radius 3 is 2.12 bits per heavy atom. The molecule has 2 aromatic rings. The van der Waals surface area contributed by atoms with Crippen LogP contribution in [0.25, 0.3) is 0 Å². The first-order chi connectivity index (χ1) is 12.3. The summed E-state index contributed by atoms with van der Waals surface area (Å²) in [6.07, 6.45) is 0.319. The van der Waals surface area contributed by atoms with Crippen molar-refractivity contribution in [2.75, 3.05) is 30.8 Å². The van der Waals surface area contributed by atoms with Crippen molar-refractivity contribution < 1.29 is 13.2 Å². The van der Waals surface area contributed by atoms with E-state index in [0.29, 0.717) is 23.4 Å². The van der Waals surface area contributed by atoms with E-state index in [2.05, 4.69) is 11.4 Å². The Morgan fingerprint density at radius 2 is 1.62 bits per heavy atom. The Bertz CT molecular complexity index is 914. The van der Waals surface area contributed by atoms with Crippen LogP contribution in [0.5, 0.6) is 0 Å². The summed E-state index contributed by atoms with van der Waals surface area (Å²) in [5, 5.41) is 11.4. The highest BCUT2D eigenvalue weighted by Gasteiger charge is 2.21. The Balaban J connectivity index is 2.10. The van der Waals surface area contributed by atoms with E-state index in [0.717, 1.165) is 14.2 Å². The highest BCUT2D eigenvalue weighted by Crippen LogP contribution is 2.19. The molecule has 0 aliphatic carbocycles. The number of hydrogen-bond acceptors (Lipinski definition) is 4. The molecule has 8 heteroatoms. The van der Waals surface area contributed by atoms with Crippen molar-refractivity contribution in [3.05, 3.63) is 59.7 Å². The minimum atomic E-state index is -3.58. The fraction of sp³-hybridized carbons (Fsp3) is 0.222. The maximum Gasteiger partial charge on any atom is 0.303 e. The molecule has 0 radical (unpaired) electrons. The van der Waals surface area contributed by atoms with Crippen molar-refractivity contribution in [1.29, 1.82) is 5.26 Å². The van der Waals surface area contributed by atoms with Crippen molar-refractivity contribution >= 4 is 27.5 Å². The number of amides is 1. The zero-order valence-corrected chi connectivity index (χ0v) is 15.6. The van der Waals surface area contributed by atoms with Crippen molar-refractivity contribution in [1.82, 2.24) is 4.31 Å². The molecule has 0 saturated carbocycles. The molecule has 0 spiro atoms. The summed E-state index contributed by atoms with van der Waals surface area (Å²) in [4.78, 5) is 12.3. The van der Waals surface area contributed by atoms with Gasteiger partial charge in [-0.2, -0.15) is 18.0 Å². The highest BCUT2D eigenvalue weighted by molar-refractivity contribution is 7.90. The lowest BCUT2D eigenvalue weighted by Crippen LogP contribution is -2.37. The Kier molecular flexibility index (Phi) is 5.97. The van der Waals surface area contributed by atoms with Gasteiger partial charge < -0.3 is 5.32 Å². The van der Waals surface area contributed by atoms with E-state index in [-0.39, 0.29) is 5.91 Å². The molecule has 2 aromatic carbocycles. The molecule has 1 N–H and O–H groups in total. The van der Waals surface area contributed by atoms with E-state index in [1.807, 2.05) is 0 Å². The Morgan fingerprint density at radius 1 is 1.04 bits per heavy atom. The van der Waals surface area contributed by atoms with Crippen LogP contribution in [0.2, 0.25) is 0 Å². The molecule has 7 nitrogen and oxygen atoms in total. The number of benzene rings is 2. The van der Waals surface area contributed by atoms with Gasteiger partial charge in [0.1, 0.15) is 0 Å². The SMILES string of the molecule is CN(C)S(=O)(=O)N(C)c1ccc(C(=O)Nc2ccc(CC#N)cc2)cc1. The number of carbonyl (C=O) groups is 1. The van der Waals surface area contributed by atoms with Crippen LogP contribution >= 0.6 is 0 Å². The van der Waals surface area contributed by atoms with Gasteiger partial charge in [-0.05, 0) is 42.0 Å². The summed E-state index contributed by atoms with van der Waals surface area (Å²) in [6, 6.07) is 15.4. The molecule has 0 aliphatic rings. The normalized spacial score (nSPS) is 11.0. The monoisotopic (exact) mass is 372 g/mol. The second-order valence-electron chi connectivity index (χ2n) is 5.79. The maximum absolute atomic E-state index is 12.3. The summed E-state index contributed by atoms with van der Waals surface area (Å²) >= 11 is 0. The quantitative estimate of drug-likeness (QED) is 0.841. The van der Waals surface area contributed by atoms with Crippen LogP contribution in [0, 0.1) is 11.3 Å². The van der Waals surface area contributed by atoms with Crippen LogP contribution in [0.4, 0.5) is 11.4 Å². The number of carbonyl (C=O) groups excluding carboxylic acids is 1. The predicted molar refractivity (Wildman–Crippen MR) is 101 cm³/mol. The Hall–Kier alpha value is -2.89. The molecule has 0 fully saturated rings. The summed E-state index contributed by atoms with van der Waals surface area (Å²) in [5.74, 6) is -0.303. The van der Waals surface area contributed by atoms with Gasteiger partial charge in [0.25, 0.3) is 5.91 Å². The number of rotatable bonds is 6. The van der Waals surface area contributed by atoms with E-state index < -0.39 is 10.2 Å². The number of hydrogen-bond donors (Lipinski definition) is 1. The van der Waals surface area contributed by atoms with Gasteiger partial charge in [0.15, 0.2) is 0 Å². The lowest BCUT2D eigenvalue weighted by Gasteiger charge is -2.23. The van der Waals surface area contributed by atoms with Gasteiger partial charge in [0.05, 0.1) is 18.2 Å². The topological polar surface area (TPSA) is 93.5 Å². The molecule has 0 heterocycles. The molecule has 0 aliphatic heterocycles.